The van der Waals surface area contributed by atoms with Crippen molar-refractivity contribution < 1.29 is 4.39 Å². The summed E-state index contributed by atoms with van der Waals surface area (Å²) in [5, 5.41) is 0. The van der Waals surface area contributed by atoms with Crippen molar-refractivity contribution in [2.24, 2.45) is 0 Å². The van der Waals surface area contributed by atoms with Gasteiger partial charge in [-0.1, -0.05) is 18.2 Å². The Morgan fingerprint density at radius 1 is 1.17 bits per heavy atom. The Kier molecular flexibility index (Phi) is 3.51. The zero-order valence-corrected chi connectivity index (χ0v) is 10.7. The molecule has 0 saturated heterocycles. The van der Waals surface area contributed by atoms with Crippen LogP contribution in [0.1, 0.15) is 11.1 Å². The van der Waals surface area contributed by atoms with E-state index in [0.29, 0.717) is 6.54 Å². The zero-order valence-electron chi connectivity index (χ0n) is 10.7. The number of hydrogen-bond acceptors (Lipinski definition) is 2. The van der Waals surface area contributed by atoms with Crippen LogP contribution in [0.2, 0.25) is 0 Å². The van der Waals surface area contributed by atoms with Crippen LogP contribution in [0, 0.1) is 12.7 Å². The summed E-state index contributed by atoms with van der Waals surface area (Å²) >= 11 is 0. The van der Waals surface area contributed by atoms with E-state index in [0.717, 1.165) is 11.3 Å². The maximum absolute atomic E-state index is 13.4. The predicted molar refractivity (Wildman–Crippen MR) is 74.1 cm³/mol. The molecule has 0 heterocycles. The van der Waals surface area contributed by atoms with E-state index in [1.165, 1.54) is 11.6 Å². The summed E-state index contributed by atoms with van der Waals surface area (Å²) in [7, 11) is 1.99. The molecule has 0 bridgehead atoms. The average Bonchev–Trinajstić information content (AvgIpc) is 2.34. The number of aryl methyl sites for hydroxylation is 1. The van der Waals surface area contributed by atoms with E-state index in [1.807, 2.05) is 25.2 Å². The van der Waals surface area contributed by atoms with Gasteiger partial charge < -0.3 is 10.6 Å². The highest BCUT2D eigenvalue weighted by atomic mass is 19.1. The largest absolute Gasteiger partial charge is 0.396 e. The Morgan fingerprint density at radius 2 is 1.94 bits per heavy atom. The third kappa shape index (κ3) is 2.80. The van der Waals surface area contributed by atoms with Crippen LogP contribution in [0.25, 0.3) is 0 Å². The van der Waals surface area contributed by atoms with Crippen molar-refractivity contribution in [1.82, 2.24) is 0 Å². The van der Waals surface area contributed by atoms with Gasteiger partial charge in [-0.3, -0.25) is 0 Å². The van der Waals surface area contributed by atoms with Crippen LogP contribution in [-0.2, 0) is 6.54 Å². The number of nitrogens with two attached hydrogens (primary N) is 1. The molecular weight excluding hydrogens is 227 g/mol. The molecule has 0 aliphatic carbocycles. The quantitative estimate of drug-likeness (QED) is 0.839. The zero-order chi connectivity index (χ0) is 13.1. The number of anilines is 2. The second-order valence-electron chi connectivity index (χ2n) is 4.55. The first kappa shape index (κ1) is 12.4. The summed E-state index contributed by atoms with van der Waals surface area (Å²) in [5.41, 5.74) is 8.89. The first-order valence-corrected chi connectivity index (χ1v) is 5.88. The number of nitrogens with zero attached hydrogens (tertiary/aromatic N) is 1. The van der Waals surface area contributed by atoms with Gasteiger partial charge in [0, 0.05) is 19.3 Å². The van der Waals surface area contributed by atoms with Gasteiger partial charge in [0.25, 0.3) is 0 Å². The average molecular weight is 244 g/mol. The molecule has 0 aliphatic rings. The van der Waals surface area contributed by atoms with Crippen molar-refractivity contribution in [3.8, 4) is 0 Å². The predicted octanol–water partition coefficient (Wildman–Crippen LogP) is 3.35. The second kappa shape index (κ2) is 5.08. The minimum atomic E-state index is -0.356. The van der Waals surface area contributed by atoms with Crippen LogP contribution in [0.5, 0.6) is 0 Å². The molecule has 0 atom stereocenters. The van der Waals surface area contributed by atoms with Gasteiger partial charge in [-0.25, -0.2) is 4.39 Å². The van der Waals surface area contributed by atoms with E-state index < -0.39 is 0 Å². The molecule has 2 nitrogen and oxygen atoms in total. The highest BCUT2D eigenvalue weighted by Gasteiger charge is 2.04. The fourth-order valence-corrected chi connectivity index (χ4v) is 1.90. The highest BCUT2D eigenvalue weighted by Crippen LogP contribution is 2.18. The summed E-state index contributed by atoms with van der Waals surface area (Å²) < 4.78 is 13.4. The minimum Gasteiger partial charge on any atom is -0.396 e. The van der Waals surface area contributed by atoms with Crippen molar-refractivity contribution >= 4 is 11.4 Å². The monoisotopic (exact) mass is 244 g/mol. The summed E-state index contributed by atoms with van der Waals surface area (Å²) in [5.74, 6) is -0.356. The smallest absolute Gasteiger partial charge is 0.146 e. The molecule has 0 aromatic heterocycles. The van der Waals surface area contributed by atoms with Gasteiger partial charge in [-0.15, -0.1) is 0 Å². The number of halogens is 1. The molecule has 0 radical (unpaired) electrons. The Labute approximate surface area is 107 Å². The summed E-state index contributed by atoms with van der Waals surface area (Å²) in [6, 6.07) is 13.2. The molecule has 0 amide bonds. The Bertz CT molecular complexity index is 552. The van der Waals surface area contributed by atoms with E-state index in [1.54, 1.807) is 6.07 Å². The standard InChI is InChI=1S/C15H17FN2/c1-11-4-3-5-13(8-11)18(2)10-12-6-7-15(17)14(16)9-12/h3-9H,10,17H2,1-2H3. The number of nitrogen functional groups attached to an aromatic ring is 1. The second-order valence-corrected chi connectivity index (χ2v) is 4.55. The van der Waals surface area contributed by atoms with Gasteiger partial charge in [0.15, 0.2) is 0 Å². The first-order valence-electron chi connectivity index (χ1n) is 5.88. The molecule has 2 aromatic carbocycles. The minimum absolute atomic E-state index is 0.192. The van der Waals surface area contributed by atoms with Gasteiger partial charge in [-0.2, -0.15) is 0 Å². The maximum atomic E-state index is 13.4. The molecule has 0 saturated carbocycles. The normalized spacial score (nSPS) is 10.4. The van der Waals surface area contributed by atoms with Crippen molar-refractivity contribution in [1.29, 1.82) is 0 Å². The van der Waals surface area contributed by atoms with E-state index >= 15 is 0 Å². The van der Waals surface area contributed by atoms with E-state index in [2.05, 4.69) is 24.0 Å². The van der Waals surface area contributed by atoms with E-state index in [4.69, 9.17) is 5.73 Å². The molecule has 0 aliphatic heterocycles. The SMILES string of the molecule is Cc1cccc(N(C)Cc2ccc(N)c(F)c2)c1. The van der Waals surface area contributed by atoms with Crippen LogP contribution in [0.3, 0.4) is 0 Å². The Balaban J connectivity index is 2.16. The molecule has 2 rings (SSSR count). The lowest BCUT2D eigenvalue weighted by atomic mass is 10.1. The van der Waals surface area contributed by atoms with Gasteiger partial charge in [0.05, 0.1) is 5.69 Å². The molecule has 0 unspecified atom stereocenters. The van der Waals surface area contributed by atoms with E-state index in [-0.39, 0.29) is 11.5 Å². The fraction of sp³-hybridized carbons (Fsp3) is 0.200. The fourth-order valence-electron chi connectivity index (χ4n) is 1.90. The highest BCUT2D eigenvalue weighted by molar-refractivity contribution is 5.49. The van der Waals surface area contributed by atoms with Gasteiger partial charge in [0.1, 0.15) is 5.82 Å². The molecular formula is C15H17FN2. The first-order chi connectivity index (χ1) is 8.56. The van der Waals surface area contributed by atoms with Crippen LogP contribution < -0.4 is 10.6 Å². The number of benzene rings is 2. The Hall–Kier alpha value is -2.03. The van der Waals surface area contributed by atoms with Crippen LogP contribution >= 0.6 is 0 Å². The summed E-state index contributed by atoms with van der Waals surface area (Å²) in [6.07, 6.45) is 0. The van der Waals surface area contributed by atoms with Gasteiger partial charge in [-0.05, 0) is 42.3 Å². The topological polar surface area (TPSA) is 29.3 Å². The Morgan fingerprint density at radius 3 is 2.61 bits per heavy atom. The number of hydrogen-bond donors (Lipinski definition) is 1. The third-order valence-electron chi connectivity index (χ3n) is 2.93. The summed E-state index contributed by atoms with van der Waals surface area (Å²) in [4.78, 5) is 2.08. The molecule has 0 fully saturated rings. The third-order valence-corrected chi connectivity index (χ3v) is 2.93. The maximum Gasteiger partial charge on any atom is 0.146 e. The van der Waals surface area contributed by atoms with Crippen LogP contribution in [0.15, 0.2) is 42.5 Å². The molecule has 2 aromatic rings. The van der Waals surface area contributed by atoms with Crippen molar-refractivity contribution in [3.05, 3.63) is 59.4 Å². The lowest BCUT2D eigenvalue weighted by Crippen LogP contribution is -2.16. The lowest BCUT2D eigenvalue weighted by Gasteiger charge is -2.20. The van der Waals surface area contributed by atoms with Crippen LogP contribution in [0.4, 0.5) is 15.8 Å². The van der Waals surface area contributed by atoms with Gasteiger partial charge >= 0.3 is 0 Å². The molecule has 3 heteroatoms. The molecule has 0 spiro atoms. The van der Waals surface area contributed by atoms with E-state index in [9.17, 15) is 4.39 Å². The lowest BCUT2D eigenvalue weighted by molar-refractivity contribution is 0.630. The van der Waals surface area contributed by atoms with Crippen molar-refractivity contribution in [2.75, 3.05) is 17.7 Å². The molecule has 94 valence electrons. The van der Waals surface area contributed by atoms with Crippen molar-refractivity contribution in [2.45, 2.75) is 13.5 Å². The molecule has 18 heavy (non-hydrogen) atoms. The van der Waals surface area contributed by atoms with Crippen molar-refractivity contribution in [3.63, 3.8) is 0 Å². The summed E-state index contributed by atoms with van der Waals surface area (Å²) in [6.45, 7) is 2.71. The van der Waals surface area contributed by atoms with Crippen LogP contribution in [-0.4, -0.2) is 7.05 Å². The molecule has 2 N–H and O–H groups in total. The number of rotatable bonds is 3. The van der Waals surface area contributed by atoms with Gasteiger partial charge in [0.2, 0.25) is 0 Å².